The lowest BCUT2D eigenvalue weighted by Gasteiger charge is -2.05. The fourth-order valence-corrected chi connectivity index (χ4v) is 2.41. The van der Waals surface area contributed by atoms with Gasteiger partial charge in [0.15, 0.2) is 5.58 Å². The fourth-order valence-electron chi connectivity index (χ4n) is 2.41. The van der Waals surface area contributed by atoms with E-state index in [4.69, 9.17) is 4.42 Å². The van der Waals surface area contributed by atoms with Crippen molar-refractivity contribution in [2.75, 3.05) is 6.61 Å². The number of aryl methyl sites for hydroxylation is 2. The molecule has 3 rings (SSSR count). The number of pyridine rings is 1. The van der Waals surface area contributed by atoms with Gasteiger partial charge in [0.2, 0.25) is 12.5 Å². The molecule has 5 nitrogen and oxygen atoms in total. The van der Waals surface area contributed by atoms with Crippen molar-refractivity contribution >= 4 is 17.3 Å². The molecule has 8 heteroatoms. The maximum atomic E-state index is 12.0. The molecule has 0 radical (unpaired) electrons. The zero-order valence-corrected chi connectivity index (χ0v) is 14.2. The molecule has 0 aliphatic rings. The highest BCUT2D eigenvalue weighted by Crippen LogP contribution is 2.26. The fraction of sp³-hybridized carbons (Fsp3) is 0.278. The predicted octanol–water partition coefficient (Wildman–Crippen LogP) is 4.67. The van der Waals surface area contributed by atoms with Crippen molar-refractivity contribution < 1.29 is 22.4 Å². The monoisotopic (exact) mass is 363 g/mol. The van der Waals surface area contributed by atoms with Gasteiger partial charge in [0.1, 0.15) is 11.2 Å². The molecule has 2 heterocycles. The Kier molecular flexibility index (Phi) is 4.92. The first-order valence-corrected chi connectivity index (χ1v) is 7.94. The van der Waals surface area contributed by atoms with Gasteiger partial charge in [0.25, 0.3) is 0 Å². The number of benzene rings is 1. The van der Waals surface area contributed by atoms with Gasteiger partial charge in [-0.2, -0.15) is 13.2 Å². The molecule has 0 N–H and O–H groups in total. The zero-order chi connectivity index (χ0) is 18.7. The van der Waals surface area contributed by atoms with Crippen LogP contribution in [-0.4, -0.2) is 29.0 Å². The van der Waals surface area contributed by atoms with Crippen LogP contribution in [0.1, 0.15) is 23.6 Å². The average Bonchev–Trinajstić information content (AvgIpc) is 3.00. The van der Waals surface area contributed by atoms with E-state index in [0.29, 0.717) is 29.2 Å². The Bertz CT molecular complexity index is 948. The highest BCUT2D eigenvalue weighted by atomic mass is 19.4. The molecule has 0 saturated heterocycles. The normalized spacial score (nSPS) is 12.2. The molecule has 0 amide bonds. The smallest absolute Gasteiger partial charge is 0.425 e. The molecule has 3 aromatic rings. The van der Waals surface area contributed by atoms with Crippen LogP contribution in [0.5, 0.6) is 0 Å². The molecule has 0 fully saturated rings. The third kappa shape index (κ3) is 4.19. The van der Waals surface area contributed by atoms with Crippen molar-refractivity contribution in [3.63, 3.8) is 0 Å². The number of aromatic nitrogens is 2. The third-order valence-electron chi connectivity index (χ3n) is 3.62. The van der Waals surface area contributed by atoms with Gasteiger partial charge in [-0.3, -0.25) is 4.98 Å². The molecule has 0 bridgehead atoms. The zero-order valence-electron chi connectivity index (χ0n) is 14.2. The first-order chi connectivity index (χ1) is 12.4. The van der Waals surface area contributed by atoms with Crippen LogP contribution < -0.4 is 0 Å². The van der Waals surface area contributed by atoms with Gasteiger partial charge in [-0.1, -0.05) is 18.1 Å². The molecular formula is C18H16F3N3O2. The van der Waals surface area contributed by atoms with Crippen LogP contribution in [0.25, 0.3) is 22.7 Å². The molecule has 136 valence electrons. The van der Waals surface area contributed by atoms with Crippen LogP contribution in [0.2, 0.25) is 0 Å². The lowest BCUT2D eigenvalue weighted by Crippen LogP contribution is -2.14. The number of oxazole rings is 1. The lowest BCUT2D eigenvalue weighted by molar-refractivity contribution is -0.173. The molecule has 1 aromatic carbocycles. The minimum absolute atomic E-state index is 0.402. The largest absolute Gasteiger partial charge is 0.435 e. The van der Waals surface area contributed by atoms with E-state index in [9.17, 15) is 13.2 Å². The second kappa shape index (κ2) is 7.15. The summed E-state index contributed by atoms with van der Waals surface area (Å²) in [6.45, 7) is 2.48. The van der Waals surface area contributed by atoms with Crippen LogP contribution >= 0.6 is 0 Å². The van der Waals surface area contributed by atoms with Gasteiger partial charge in [-0.15, -0.1) is 0 Å². The summed E-state index contributed by atoms with van der Waals surface area (Å²) in [5.74, 6) is 0.402. The Hall–Kier alpha value is -2.90. The highest BCUT2D eigenvalue weighted by Gasteiger charge is 2.28. The van der Waals surface area contributed by atoms with Crippen LogP contribution in [0, 0.1) is 6.92 Å². The number of fused-ring (bicyclic) bond motifs is 1. The van der Waals surface area contributed by atoms with E-state index in [1.807, 2.05) is 32.0 Å². The van der Waals surface area contributed by atoms with Crippen LogP contribution in [0.15, 0.2) is 40.0 Å². The molecule has 0 unspecified atom stereocenters. The van der Waals surface area contributed by atoms with E-state index in [0.717, 1.165) is 16.6 Å². The van der Waals surface area contributed by atoms with Gasteiger partial charge < -0.3 is 9.25 Å². The van der Waals surface area contributed by atoms with Crippen LogP contribution in [0.3, 0.4) is 0 Å². The number of oxime groups is 1. The van der Waals surface area contributed by atoms with Gasteiger partial charge >= 0.3 is 6.18 Å². The highest BCUT2D eigenvalue weighted by molar-refractivity contribution is 5.81. The summed E-state index contributed by atoms with van der Waals surface area (Å²) in [6.07, 6.45) is -1.10. The molecule has 0 spiro atoms. The third-order valence-corrected chi connectivity index (χ3v) is 3.62. The van der Waals surface area contributed by atoms with E-state index >= 15 is 0 Å². The van der Waals surface area contributed by atoms with Crippen LogP contribution in [-0.2, 0) is 11.3 Å². The summed E-state index contributed by atoms with van der Waals surface area (Å²) >= 11 is 0. The molecule has 0 aliphatic carbocycles. The standard InChI is InChI=1S/C18H16F3N3O2/c1-3-13-7-12(9-23-25-10-18(19,20)21)8-22-16(13)17-24-14-6-11(2)4-5-15(14)26-17/h4-9H,3,10H2,1-2H3/b23-9+. The van der Waals surface area contributed by atoms with Gasteiger partial charge in [0, 0.05) is 11.8 Å². The number of halogens is 3. The van der Waals surface area contributed by atoms with Crippen molar-refractivity contribution in [1.82, 2.24) is 9.97 Å². The molecule has 0 saturated carbocycles. The Balaban J connectivity index is 1.85. The van der Waals surface area contributed by atoms with E-state index < -0.39 is 12.8 Å². The van der Waals surface area contributed by atoms with E-state index in [-0.39, 0.29) is 0 Å². The SMILES string of the molecule is CCc1cc(/C=N/OCC(F)(F)F)cnc1-c1nc2cc(C)ccc2o1. The summed E-state index contributed by atoms with van der Waals surface area (Å²) in [5, 5.41) is 3.33. The lowest BCUT2D eigenvalue weighted by atomic mass is 10.1. The van der Waals surface area contributed by atoms with Crippen molar-refractivity contribution in [1.29, 1.82) is 0 Å². The molecule has 0 atom stereocenters. The minimum atomic E-state index is -4.42. The average molecular weight is 363 g/mol. The molecule has 0 aliphatic heterocycles. The Labute approximate surface area is 147 Å². The van der Waals surface area contributed by atoms with E-state index in [1.165, 1.54) is 12.4 Å². The first kappa shape index (κ1) is 17.9. The predicted molar refractivity (Wildman–Crippen MR) is 91.0 cm³/mol. The Morgan fingerprint density at radius 2 is 2.08 bits per heavy atom. The van der Waals surface area contributed by atoms with Crippen LogP contribution in [0.4, 0.5) is 13.2 Å². The second-order valence-corrected chi connectivity index (χ2v) is 5.74. The first-order valence-electron chi connectivity index (χ1n) is 7.94. The second-order valence-electron chi connectivity index (χ2n) is 5.74. The van der Waals surface area contributed by atoms with Gasteiger partial charge in [-0.05, 0) is 42.7 Å². The number of hydrogen-bond donors (Lipinski definition) is 0. The van der Waals surface area contributed by atoms with E-state index in [1.54, 1.807) is 6.07 Å². The maximum Gasteiger partial charge on any atom is 0.425 e. The van der Waals surface area contributed by atoms with Gasteiger partial charge in [0.05, 0.1) is 6.21 Å². The molecule has 2 aromatic heterocycles. The Morgan fingerprint density at radius 3 is 2.81 bits per heavy atom. The topological polar surface area (TPSA) is 60.5 Å². The molecular weight excluding hydrogens is 347 g/mol. The number of alkyl halides is 3. The minimum Gasteiger partial charge on any atom is -0.435 e. The number of nitrogens with zero attached hydrogens (tertiary/aromatic N) is 3. The van der Waals surface area contributed by atoms with Crippen molar-refractivity contribution in [2.24, 2.45) is 5.16 Å². The summed E-state index contributed by atoms with van der Waals surface area (Å²) < 4.78 is 41.8. The number of hydrogen-bond acceptors (Lipinski definition) is 5. The summed E-state index contributed by atoms with van der Waals surface area (Å²) in [7, 11) is 0. The van der Waals surface area contributed by atoms with Gasteiger partial charge in [-0.25, -0.2) is 4.98 Å². The maximum absolute atomic E-state index is 12.0. The summed E-state index contributed by atoms with van der Waals surface area (Å²) in [4.78, 5) is 13.0. The Morgan fingerprint density at radius 1 is 1.27 bits per heavy atom. The van der Waals surface area contributed by atoms with Crippen molar-refractivity contribution in [3.05, 3.63) is 47.2 Å². The van der Waals surface area contributed by atoms with Crippen molar-refractivity contribution in [3.8, 4) is 11.6 Å². The summed E-state index contributed by atoms with van der Waals surface area (Å²) in [5.41, 5.74) is 4.45. The number of rotatable bonds is 5. The van der Waals surface area contributed by atoms with Crippen molar-refractivity contribution in [2.45, 2.75) is 26.4 Å². The summed E-state index contributed by atoms with van der Waals surface area (Å²) in [6, 6.07) is 7.48. The van der Waals surface area contributed by atoms with E-state index in [2.05, 4.69) is 20.0 Å². The quantitative estimate of drug-likeness (QED) is 0.488. The molecule has 26 heavy (non-hydrogen) atoms.